The van der Waals surface area contributed by atoms with Gasteiger partial charge in [0.25, 0.3) is 11.8 Å². The SMILES string of the molecule is Cc1nc(-c2[nH]c(CNc3cccc(F)c3F)nc2-c2ccc3ncc(OCCNC(=O)OCc4ccc(NC(=O)[C@H](CCCNC(N)=O)NC(=O)[C@@H](NC(=O)[C@H](CCC(=O)O)NC(=O)CCOCCOCCOCCOCCN5C(=O)C=CC5=O)C(C)C)cc4)cc3c2)ccc1F. The number of aromatic nitrogens is 4. The lowest BCUT2D eigenvalue weighted by Gasteiger charge is -2.27. The number of imidazole rings is 1. The summed E-state index contributed by atoms with van der Waals surface area (Å²) in [4.78, 5) is 131. The van der Waals surface area contributed by atoms with Crippen molar-refractivity contribution in [3.63, 3.8) is 0 Å². The average molecular weight is 1370 g/mol. The van der Waals surface area contributed by atoms with Crippen molar-refractivity contribution in [1.29, 1.82) is 0 Å². The number of primary amides is 1. The smallest absolute Gasteiger partial charge is 0.407 e. The molecule has 7 rings (SSSR count). The van der Waals surface area contributed by atoms with E-state index in [0.29, 0.717) is 56.4 Å². The normalized spacial score (nSPS) is 12.8. The third-order valence-electron chi connectivity index (χ3n) is 14.7. The number of imide groups is 1. The first kappa shape index (κ1) is 74.8. The van der Waals surface area contributed by atoms with Crippen LogP contribution in [0.25, 0.3) is 33.5 Å². The molecule has 0 saturated carbocycles. The molecule has 9 amide bonds. The number of nitrogens with zero attached hydrogens (tertiary/aromatic N) is 4. The molecule has 0 fully saturated rings. The number of ether oxygens (including phenoxy) is 6. The van der Waals surface area contributed by atoms with Gasteiger partial charge in [-0.25, -0.2) is 32.7 Å². The molecule has 1 aliphatic heterocycles. The highest BCUT2D eigenvalue weighted by molar-refractivity contribution is 6.12. The second-order valence-electron chi connectivity index (χ2n) is 22.4. The van der Waals surface area contributed by atoms with Gasteiger partial charge in [-0.1, -0.05) is 38.1 Å². The fourth-order valence-corrected chi connectivity index (χ4v) is 9.55. The van der Waals surface area contributed by atoms with E-state index in [4.69, 9.17) is 39.1 Å². The maximum atomic E-state index is 14.5. The number of urea groups is 1. The number of halogens is 3. The Hall–Kier alpha value is -10.6. The van der Waals surface area contributed by atoms with Crippen molar-refractivity contribution in [2.24, 2.45) is 11.7 Å². The van der Waals surface area contributed by atoms with Gasteiger partial charge in [-0.05, 0) is 92.3 Å². The Labute approximate surface area is 560 Å². The van der Waals surface area contributed by atoms with Crippen molar-refractivity contribution in [2.75, 3.05) is 89.7 Å². The monoisotopic (exact) mass is 1370 g/mol. The van der Waals surface area contributed by atoms with Crippen LogP contribution in [0.2, 0.25) is 0 Å². The van der Waals surface area contributed by atoms with Crippen molar-refractivity contribution in [2.45, 2.75) is 84.2 Å². The molecule has 29 nitrogen and oxygen atoms in total. The number of hydrogen-bond acceptors (Lipinski definition) is 19. The van der Waals surface area contributed by atoms with Gasteiger partial charge in [-0.3, -0.25) is 43.4 Å². The lowest BCUT2D eigenvalue weighted by molar-refractivity contribution is -0.139. The lowest BCUT2D eigenvalue weighted by atomic mass is 10.0. The molecule has 0 radical (unpaired) electrons. The number of carboxylic acids is 1. The van der Waals surface area contributed by atoms with Crippen LogP contribution in [0.1, 0.15) is 63.0 Å². The van der Waals surface area contributed by atoms with Gasteiger partial charge in [0, 0.05) is 48.2 Å². The third kappa shape index (κ3) is 24.0. The number of carboxylic acid groups (broad SMARTS) is 1. The Morgan fingerprint density at radius 3 is 2.08 bits per heavy atom. The minimum Gasteiger partial charge on any atom is -0.490 e. The van der Waals surface area contributed by atoms with Crippen molar-refractivity contribution >= 4 is 75.8 Å². The summed E-state index contributed by atoms with van der Waals surface area (Å²) in [5.41, 5.74) is 8.71. The molecule has 0 bridgehead atoms. The molecular formula is C66H78F3N13O16. The highest BCUT2D eigenvalue weighted by atomic mass is 19.2. The quantitative estimate of drug-likeness (QED) is 0.0177. The maximum absolute atomic E-state index is 14.5. The zero-order valence-electron chi connectivity index (χ0n) is 54.1. The number of alkyl carbamates (subject to hydrolysis) is 1. The van der Waals surface area contributed by atoms with E-state index in [2.05, 4.69) is 52.2 Å². The van der Waals surface area contributed by atoms with Gasteiger partial charge in [0.05, 0.1) is 113 Å². The number of aromatic amines is 1. The number of pyridine rings is 2. The molecule has 4 heterocycles. The number of carbonyl (C=O) groups is 9. The largest absolute Gasteiger partial charge is 0.490 e. The number of nitrogens with two attached hydrogens (primary N) is 1. The third-order valence-corrected chi connectivity index (χ3v) is 14.7. The Morgan fingerprint density at radius 1 is 0.704 bits per heavy atom. The number of H-pyrrole nitrogens is 1. The predicted molar refractivity (Wildman–Crippen MR) is 348 cm³/mol. The Morgan fingerprint density at radius 2 is 1.40 bits per heavy atom. The van der Waals surface area contributed by atoms with E-state index in [0.717, 1.165) is 11.0 Å². The van der Waals surface area contributed by atoms with Crippen LogP contribution in [0.5, 0.6) is 5.75 Å². The Bertz CT molecular complexity index is 3770. The maximum Gasteiger partial charge on any atom is 0.407 e. The van der Waals surface area contributed by atoms with Gasteiger partial charge in [0.2, 0.25) is 23.6 Å². The first-order chi connectivity index (χ1) is 47.1. The lowest BCUT2D eigenvalue weighted by Crippen LogP contribution is -2.58. The average Bonchev–Trinajstić information content (AvgIpc) is 1.57. The van der Waals surface area contributed by atoms with E-state index in [1.54, 1.807) is 56.3 Å². The number of anilines is 2. The van der Waals surface area contributed by atoms with Crippen molar-refractivity contribution in [3.8, 4) is 28.4 Å². The van der Waals surface area contributed by atoms with E-state index >= 15 is 0 Å². The minimum absolute atomic E-state index is 0.00478. The zero-order chi connectivity index (χ0) is 70.5. The van der Waals surface area contributed by atoms with Gasteiger partial charge in [-0.2, -0.15) is 0 Å². The molecule has 3 aromatic carbocycles. The number of amides is 9. The fourth-order valence-electron chi connectivity index (χ4n) is 9.55. The highest BCUT2D eigenvalue weighted by Gasteiger charge is 2.32. The van der Waals surface area contributed by atoms with Crippen LogP contribution in [0.3, 0.4) is 0 Å². The summed E-state index contributed by atoms with van der Waals surface area (Å²) >= 11 is 0. The first-order valence-corrected chi connectivity index (χ1v) is 31.4. The molecule has 524 valence electrons. The second kappa shape index (κ2) is 38.2. The van der Waals surface area contributed by atoms with E-state index in [1.165, 1.54) is 49.5 Å². The number of benzene rings is 3. The number of aliphatic carboxylic acids is 1. The molecule has 0 aliphatic carbocycles. The molecule has 0 unspecified atom stereocenters. The van der Waals surface area contributed by atoms with Gasteiger partial charge in [0.15, 0.2) is 11.6 Å². The molecule has 0 spiro atoms. The van der Waals surface area contributed by atoms with Crippen molar-refractivity contribution in [1.82, 2.24) is 51.4 Å². The molecule has 6 aromatic rings. The summed E-state index contributed by atoms with van der Waals surface area (Å²) in [6.45, 7) is 6.26. The summed E-state index contributed by atoms with van der Waals surface area (Å²) in [7, 11) is 0. The molecule has 11 N–H and O–H groups in total. The van der Waals surface area contributed by atoms with Crippen LogP contribution < -0.4 is 47.7 Å². The summed E-state index contributed by atoms with van der Waals surface area (Å²) in [6, 6.07) is 15.3. The summed E-state index contributed by atoms with van der Waals surface area (Å²) in [6.07, 6.45) is 2.32. The van der Waals surface area contributed by atoms with E-state index < -0.39 is 89.6 Å². The predicted octanol–water partition coefficient (Wildman–Crippen LogP) is 5.07. The summed E-state index contributed by atoms with van der Waals surface area (Å²) < 4.78 is 75.8. The van der Waals surface area contributed by atoms with Crippen molar-refractivity contribution < 1.29 is 89.8 Å². The molecule has 1 aliphatic rings. The van der Waals surface area contributed by atoms with Crippen LogP contribution in [0.4, 0.5) is 34.1 Å². The van der Waals surface area contributed by atoms with Gasteiger partial charge >= 0.3 is 18.1 Å². The van der Waals surface area contributed by atoms with E-state index in [-0.39, 0.29) is 141 Å². The minimum atomic E-state index is -1.37. The standard InChI is InChI=1S/C66H78F3N13O16/c1-39(2)59(81-63(89)52(17-20-57(86)87)77-54(83)21-25-93-28-30-95-32-33-96-31-29-94-27-24-82-55(84)18-19-56(82)85)64(90)78-51(8-5-22-71-65(70)91)62(88)76-44-12-9-41(10-13-44)38-98-66(92)72-23-26-97-45-35-43-34-42(11-15-48(43)73-36-45)60-61(50-16-14-46(67)40(3)75-50)80-53(79-60)37-74-49-7-4-6-47(68)58(49)69/h4,6-7,9-16,18-19,34-36,39,51-52,59,74H,5,8,17,20-33,37-38H2,1-3H3,(H,72,92)(H,76,88)(H,77,83)(H,78,90)(H,79,80)(H,81,89)(H,86,87)(H3,70,71,91)/t51-,52-,59-/m0/s1. The van der Waals surface area contributed by atoms with Crippen LogP contribution in [0, 0.1) is 30.3 Å². The van der Waals surface area contributed by atoms with Gasteiger partial charge < -0.3 is 81.5 Å². The van der Waals surface area contributed by atoms with Gasteiger partial charge in [-0.15, -0.1) is 0 Å². The first-order valence-electron chi connectivity index (χ1n) is 31.4. The summed E-state index contributed by atoms with van der Waals surface area (Å²) in [5, 5.41) is 28.5. The number of carbonyl (C=O) groups excluding carboxylic acids is 8. The van der Waals surface area contributed by atoms with E-state index in [9.17, 15) is 61.4 Å². The number of nitrogens with one attached hydrogen (secondary N) is 8. The van der Waals surface area contributed by atoms with Crippen molar-refractivity contribution in [3.05, 3.63) is 132 Å². The molecule has 3 atom stereocenters. The molecule has 3 aromatic heterocycles. The fraction of sp³-hybridized carbons (Fsp3) is 0.394. The van der Waals surface area contributed by atoms with E-state index in [1.807, 2.05) is 6.07 Å². The Balaban J connectivity index is 0.838. The number of rotatable bonds is 41. The Kier molecular flexibility index (Phi) is 29.2. The zero-order valence-corrected chi connectivity index (χ0v) is 54.1. The van der Waals surface area contributed by atoms with Crippen LogP contribution in [0.15, 0.2) is 97.2 Å². The topological polar surface area (TPSA) is 397 Å². The number of fused-ring (bicyclic) bond motifs is 1. The second-order valence-corrected chi connectivity index (χ2v) is 22.4. The van der Waals surface area contributed by atoms with Crippen LogP contribution in [-0.4, -0.2) is 181 Å². The highest BCUT2D eigenvalue weighted by Crippen LogP contribution is 2.33. The number of hydrogen-bond donors (Lipinski definition) is 10. The molecular weight excluding hydrogens is 1290 g/mol. The molecule has 0 saturated heterocycles. The number of aryl methyl sites for hydroxylation is 1. The molecule has 32 heteroatoms. The van der Waals surface area contributed by atoms with Gasteiger partial charge in [0.1, 0.15) is 48.7 Å². The van der Waals surface area contributed by atoms with Crippen LogP contribution >= 0.6 is 0 Å². The molecule has 98 heavy (non-hydrogen) atoms. The summed E-state index contributed by atoms with van der Waals surface area (Å²) in [5.74, 6) is -7.33. The van der Waals surface area contributed by atoms with Crippen LogP contribution in [-0.2, 0) is 70.4 Å².